The van der Waals surface area contributed by atoms with Crippen LogP contribution in [0.2, 0.25) is 0 Å². The highest BCUT2D eigenvalue weighted by atomic mass is 32.1. The zero-order valence-electron chi connectivity index (χ0n) is 26.1. The molecule has 3 nitrogen and oxygen atoms in total. The van der Waals surface area contributed by atoms with Crippen LogP contribution in [0.1, 0.15) is 43.2 Å². The number of fused-ring (bicyclic) bond motifs is 6. The lowest BCUT2D eigenvalue weighted by molar-refractivity contribution is -0.0397. The molecule has 0 saturated heterocycles. The topological polar surface area (TPSA) is 38.7 Å². The summed E-state index contributed by atoms with van der Waals surface area (Å²) in [4.78, 5) is 16.0. The first-order chi connectivity index (χ1) is 23.3. The fraction of sp³-hybridized carbons (Fsp3) is 0.233. The van der Waals surface area contributed by atoms with Crippen LogP contribution in [0.3, 0.4) is 0 Å². The van der Waals surface area contributed by atoms with Gasteiger partial charge in [-0.25, -0.2) is 15.0 Å². The van der Waals surface area contributed by atoms with Gasteiger partial charge in [0.2, 0.25) is 0 Å². The molecule has 2 heterocycles. The molecule has 0 atom stereocenters. The number of hydrogen-bond donors (Lipinski definition) is 0. The number of nitrogens with zero attached hydrogens (tertiary/aromatic N) is 3. The van der Waals surface area contributed by atoms with Gasteiger partial charge in [0.25, 0.3) is 0 Å². The lowest BCUT2D eigenvalue weighted by Gasteiger charge is -2.61. The van der Waals surface area contributed by atoms with Crippen LogP contribution in [0.5, 0.6) is 0 Å². The van der Waals surface area contributed by atoms with E-state index in [-0.39, 0.29) is 5.41 Å². The van der Waals surface area contributed by atoms with Crippen molar-refractivity contribution < 1.29 is 0 Å². The molecule has 0 radical (unpaired) electrons. The molecule has 4 fully saturated rings. The van der Waals surface area contributed by atoms with Crippen molar-refractivity contribution in [3.8, 4) is 45.3 Å². The third-order valence-electron chi connectivity index (χ3n) is 12.1. The minimum absolute atomic E-state index is 0.0270. The SMILES string of the molecule is c1ccc(-c2nc(-c3cccc4c3C3(c5ccccc5-4)C4CC5CC(C4)CC3C5)nc(-c3cccc4sc5ccccc5c34)n2)cc1. The van der Waals surface area contributed by atoms with E-state index in [1.807, 2.05) is 11.3 Å². The molecular weight excluding hydrogens is 591 g/mol. The lowest BCUT2D eigenvalue weighted by Crippen LogP contribution is -2.55. The maximum Gasteiger partial charge on any atom is 0.164 e. The molecule has 4 heteroatoms. The summed E-state index contributed by atoms with van der Waals surface area (Å²) in [5.41, 5.74) is 9.16. The van der Waals surface area contributed by atoms with E-state index >= 15 is 0 Å². The molecular formula is C43H33N3S. The molecule has 5 aromatic carbocycles. The first-order valence-electron chi connectivity index (χ1n) is 17.2. The lowest BCUT2D eigenvalue weighted by atomic mass is 9.43. The summed E-state index contributed by atoms with van der Waals surface area (Å²) in [6, 6.07) is 42.0. The standard InChI is InChI=1S/C43H33N3S/c1-2-10-27(11-3-1)40-44-41(33-15-9-19-37-38(33)32-13-5-7-18-36(32)47-37)46-42(45-40)34-16-8-14-31-30-12-4-6-17-35(30)43(39(31)34)28-21-25-20-26(23-28)24-29(43)22-25/h1-19,25-26,28-29H,20-24H2. The zero-order valence-corrected chi connectivity index (χ0v) is 26.9. The Labute approximate surface area is 278 Å². The molecule has 0 aliphatic heterocycles. The van der Waals surface area contributed by atoms with Gasteiger partial charge in [-0.1, -0.05) is 103 Å². The zero-order chi connectivity index (χ0) is 30.7. The van der Waals surface area contributed by atoms with Gasteiger partial charge in [0.15, 0.2) is 17.5 Å². The molecule has 5 aliphatic rings. The molecule has 12 rings (SSSR count). The third kappa shape index (κ3) is 3.60. The number of rotatable bonds is 3. The van der Waals surface area contributed by atoms with Crippen LogP contribution in [-0.2, 0) is 5.41 Å². The summed E-state index contributed by atoms with van der Waals surface area (Å²) in [7, 11) is 0. The average molecular weight is 624 g/mol. The third-order valence-corrected chi connectivity index (χ3v) is 13.3. The number of aromatic nitrogens is 3. The van der Waals surface area contributed by atoms with Crippen molar-refractivity contribution in [1.29, 1.82) is 0 Å². The maximum absolute atomic E-state index is 5.45. The van der Waals surface area contributed by atoms with Crippen molar-refractivity contribution in [3.63, 3.8) is 0 Å². The molecule has 0 amide bonds. The summed E-state index contributed by atoms with van der Waals surface area (Å²) < 4.78 is 2.55. The predicted molar refractivity (Wildman–Crippen MR) is 192 cm³/mol. The molecule has 4 saturated carbocycles. The quantitative estimate of drug-likeness (QED) is 0.197. The first kappa shape index (κ1) is 26.4. The highest BCUT2D eigenvalue weighted by Gasteiger charge is 2.62. The van der Waals surface area contributed by atoms with Crippen LogP contribution in [0, 0.1) is 23.7 Å². The summed E-state index contributed by atoms with van der Waals surface area (Å²) in [5.74, 6) is 5.39. The van der Waals surface area contributed by atoms with Gasteiger partial charge in [0, 0.05) is 42.3 Å². The van der Waals surface area contributed by atoms with E-state index < -0.39 is 0 Å². The Morgan fingerprint density at radius 3 is 1.91 bits per heavy atom. The monoisotopic (exact) mass is 623 g/mol. The van der Waals surface area contributed by atoms with Crippen LogP contribution >= 0.6 is 11.3 Å². The fourth-order valence-corrected chi connectivity index (χ4v) is 11.8. The minimum Gasteiger partial charge on any atom is -0.208 e. The van der Waals surface area contributed by atoms with E-state index in [4.69, 9.17) is 15.0 Å². The number of hydrogen-bond acceptors (Lipinski definition) is 4. The van der Waals surface area contributed by atoms with Crippen LogP contribution < -0.4 is 0 Å². The fourth-order valence-electron chi connectivity index (χ4n) is 10.7. The second kappa shape index (κ2) is 9.68. The Bertz CT molecular complexity index is 2360. The molecule has 0 unspecified atom stereocenters. The van der Waals surface area contributed by atoms with Gasteiger partial charge in [-0.05, 0) is 90.2 Å². The minimum atomic E-state index is 0.0270. The number of benzene rings is 5. The van der Waals surface area contributed by atoms with Gasteiger partial charge in [-0.2, -0.15) is 0 Å². The maximum atomic E-state index is 5.45. The van der Waals surface area contributed by atoms with Gasteiger partial charge >= 0.3 is 0 Å². The highest BCUT2D eigenvalue weighted by Crippen LogP contribution is 2.70. The summed E-state index contributed by atoms with van der Waals surface area (Å²) in [6.07, 6.45) is 6.83. The van der Waals surface area contributed by atoms with Crippen molar-refractivity contribution >= 4 is 31.5 Å². The van der Waals surface area contributed by atoms with E-state index in [1.165, 1.54) is 74.5 Å². The van der Waals surface area contributed by atoms with Crippen LogP contribution in [0.4, 0.5) is 0 Å². The first-order valence-corrected chi connectivity index (χ1v) is 18.0. The van der Waals surface area contributed by atoms with E-state index in [0.717, 1.165) is 40.4 Å². The highest BCUT2D eigenvalue weighted by molar-refractivity contribution is 7.25. The van der Waals surface area contributed by atoms with E-state index in [1.54, 1.807) is 5.56 Å². The Balaban J connectivity index is 1.20. The Morgan fingerprint density at radius 1 is 0.489 bits per heavy atom. The van der Waals surface area contributed by atoms with Crippen molar-refractivity contribution in [1.82, 2.24) is 15.0 Å². The van der Waals surface area contributed by atoms with Crippen LogP contribution in [0.25, 0.3) is 65.5 Å². The van der Waals surface area contributed by atoms with Crippen LogP contribution in [-0.4, -0.2) is 15.0 Å². The van der Waals surface area contributed by atoms with Crippen LogP contribution in [0.15, 0.2) is 115 Å². The average Bonchev–Trinajstić information content (AvgIpc) is 3.65. The largest absolute Gasteiger partial charge is 0.208 e. The number of thiophene rings is 1. The molecule has 47 heavy (non-hydrogen) atoms. The van der Waals surface area contributed by atoms with Gasteiger partial charge in [0.1, 0.15) is 0 Å². The van der Waals surface area contributed by atoms with E-state index in [0.29, 0.717) is 11.8 Å². The van der Waals surface area contributed by atoms with Crippen molar-refractivity contribution in [3.05, 3.63) is 126 Å². The van der Waals surface area contributed by atoms with Gasteiger partial charge in [-0.15, -0.1) is 11.3 Å². The van der Waals surface area contributed by atoms with E-state index in [9.17, 15) is 0 Å². The smallest absolute Gasteiger partial charge is 0.164 e. The predicted octanol–water partition coefficient (Wildman–Crippen LogP) is 11.0. The van der Waals surface area contributed by atoms with Gasteiger partial charge in [0.05, 0.1) is 0 Å². The summed E-state index contributed by atoms with van der Waals surface area (Å²) >= 11 is 1.84. The van der Waals surface area contributed by atoms with Crippen molar-refractivity contribution in [2.45, 2.75) is 37.5 Å². The molecule has 0 N–H and O–H groups in total. The summed E-state index contributed by atoms with van der Waals surface area (Å²) in [6.45, 7) is 0. The summed E-state index contributed by atoms with van der Waals surface area (Å²) in [5, 5.41) is 2.49. The second-order valence-electron chi connectivity index (χ2n) is 14.4. The molecule has 1 spiro atoms. The molecule has 2 aromatic heterocycles. The normalized spacial score (nSPS) is 25.1. The second-order valence-corrected chi connectivity index (χ2v) is 15.5. The molecule has 226 valence electrons. The van der Waals surface area contributed by atoms with Crippen molar-refractivity contribution in [2.24, 2.45) is 23.7 Å². The van der Waals surface area contributed by atoms with E-state index in [2.05, 4.69) is 115 Å². The van der Waals surface area contributed by atoms with Crippen molar-refractivity contribution in [2.75, 3.05) is 0 Å². The van der Waals surface area contributed by atoms with Gasteiger partial charge in [-0.3, -0.25) is 0 Å². The Kier molecular flexibility index (Phi) is 5.44. The Morgan fingerprint density at radius 2 is 1.09 bits per heavy atom. The molecule has 7 aromatic rings. The molecule has 4 bridgehead atoms. The molecule has 5 aliphatic carbocycles. The Hall–Kier alpha value is -4.67. The van der Waals surface area contributed by atoms with Gasteiger partial charge < -0.3 is 0 Å².